The Bertz CT molecular complexity index is 1200. The van der Waals surface area contributed by atoms with Crippen LogP contribution in [0, 0.1) is 0 Å². The highest BCUT2D eigenvalue weighted by Crippen LogP contribution is 2.25. The first-order chi connectivity index (χ1) is 18.4. The van der Waals surface area contributed by atoms with E-state index in [1.54, 1.807) is 66.7 Å². The summed E-state index contributed by atoms with van der Waals surface area (Å²) in [5, 5.41) is 8.54. The van der Waals surface area contributed by atoms with Crippen molar-refractivity contribution in [3.63, 3.8) is 0 Å². The van der Waals surface area contributed by atoms with Crippen LogP contribution in [0.25, 0.3) is 0 Å². The van der Waals surface area contributed by atoms with E-state index in [1.807, 2.05) is 0 Å². The monoisotopic (exact) mass is 554 g/mol. The third-order valence-electron chi connectivity index (χ3n) is 6.02. The molecule has 0 aromatic heterocycles. The van der Waals surface area contributed by atoms with Crippen molar-refractivity contribution in [2.24, 2.45) is 0 Å². The van der Waals surface area contributed by atoms with E-state index in [-0.39, 0.29) is 23.9 Å². The molecular formula is C29H35ClN4O5. The van der Waals surface area contributed by atoms with Gasteiger partial charge >= 0.3 is 0 Å². The Morgan fingerprint density at radius 3 is 1.62 bits per heavy atom. The normalized spacial score (nSPS) is 10.3. The molecule has 3 amide bonds. The summed E-state index contributed by atoms with van der Waals surface area (Å²) < 4.78 is 10.6. The van der Waals surface area contributed by atoms with Crippen molar-refractivity contribution in [3.8, 4) is 11.5 Å². The van der Waals surface area contributed by atoms with E-state index in [2.05, 4.69) is 34.7 Å². The van der Waals surface area contributed by atoms with Crippen LogP contribution in [0.5, 0.6) is 11.5 Å². The molecule has 0 unspecified atom stereocenters. The number of ether oxygens (including phenoxy) is 2. The van der Waals surface area contributed by atoms with E-state index in [0.717, 1.165) is 13.1 Å². The molecule has 0 saturated heterocycles. The standard InChI is InChI=1S/C29H34N4O5.ClH/c1-5-33(6-2)16-15-30-27(34)20-17-21(31-28(35)23-11-7-9-13-25(23)37-3)19-22(18-20)32-29(36)24-12-8-10-14-26(24)38-4;/h7-14,17-19H,5-6,15-16H2,1-4H3,(H,30,34)(H,31,35)(H,32,36);1H. The quantitative estimate of drug-likeness (QED) is 0.299. The van der Waals surface area contributed by atoms with Crippen LogP contribution in [0.2, 0.25) is 0 Å². The maximum absolute atomic E-state index is 13.0. The number of nitrogens with zero attached hydrogens (tertiary/aromatic N) is 1. The lowest BCUT2D eigenvalue weighted by Gasteiger charge is -2.18. The van der Waals surface area contributed by atoms with E-state index in [0.29, 0.717) is 47.1 Å². The van der Waals surface area contributed by atoms with E-state index in [9.17, 15) is 14.4 Å². The van der Waals surface area contributed by atoms with Crippen LogP contribution in [0.4, 0.5) is 11.4 Å². The summed E-state index contributed by atoms with van der Waals surface area (Å²) in [5.41, 5.74) is 1.64. The molecule has 0 aliphatic heterocycles. The maximum Gasteiger partial charge on any atom is 0.259 e. The average molecular weight is 555 g/mol. The Hall–Kier alpha value is -4.08. The Kier molecular flexibility index (Phi) is 12.3. The third kappa shape index (κ3) is 8.46. The number of halogens is 1. The average Bonchev–Trinajstić information content (AvgIpc) is 2.94. The number of methoxy groups -OCH3 is 2. The van der Waals surface area contributed by atoms with Gasteiger partial charge in [-0.1, -0.05) is 38.1 Å². The Morgan fingerprint density at radius 2 is 1.18 bits per heavy atom. The fourth-order valence-electron chi connectivity index (χ4n) is 3.93. The smallest absolute Gasteiger partial charge is 0.259 e. The highest BCUT2D eigenvalue weighted by atomic mass is 35.5. The molecule has 3 aromatic carbocycles. The van der Waals surface area contributed by atoms with Crippen LogP contribution in [-0.2, 0) is 0 Å². The third-order valence-corrected chi connectivity index (χ3v) is 6.02. The zero-order valence-electron chi connectivity index (χ0n) is 22.6. The van der Waals surface area contributed by atoms with Gasteiger partial charge in [0.25, 0.3) is 17.7 Å². The molecule has 10 heteroatoms. The molecular weight excluding hydrogens is 520 g/mol. The van der Waals surface area contributed by atoms with Crippen LogP contribution in [-0.4, -0.2) is 63.0 Å². The number of likely N-dealkylation sites (N-methyl/N-ethyl adjacent to an activating group) is 1. The van der Waals surface area contributed by atoms with Crippen LogP contribution < -0.4 is 25.4 Å². The molecule has 9 nitrogen and oxygen atoms in total. The van der Waals surface area contributed by atoms with Crippen molar-refractivity contribution in [2.45, 2.75) is 13.8 Å². The van der Waals surface area contributed by atoms with Crippen molar-refractivity contribution in [1.29, 1.82) is 0 Å². The largest absolute Gasteiger partial charge is 0.496 e. The van der Waals surface area contributed by atoms with Gasteiger partial charge in [-0.25, -0.2) is 0 Å². The minimum absolute atomic E-state index is 0. The van der Waals surface area contributed by atoms with Crippen molar-refractivity contribution in [3.05, 3.63) is 83.4 Å². The minimum atomic E-state index is -0.413. The summed E-state index contributed by atoms with van der Waals surface area (Å²) in [6.45, 7) is 7.07. The zero-order valence-corrected chi connectivity index (χ0v) is 23.4. The molecule has 0 fully saturated rings. The first-order valence-electron chi connectivity index (χ1n) is 12.4. The Balaban J connectivity index is 0.00000533. The number of hydrogen-bond acceptors (Lipinski definition) is 6. The Labute approximate surface area is 235 Å². The molecule has 0 saturated carbocycles. The molecule has 0 aliphatic carbocycles. The van der Waals surface area contributed by atoms with Gasteiger partial charge in [-0.2, -0.15) is 0 Å². The van der Waals surface area contributed by atoms with E-state index >= 15 is 0 Å². The van der Waals surface area contributed by atoms with Crippen molar-refractivity contribution >= 4 is 41.5 Å². The second-order valence-electron chi connectivity index (χ2n) is 8.39. The highest BCUT2D eigenvalue weighted by Gasteiger charge is 2.17. The van der Waals surface area contributed by atoms with E-state index < -0.39 is 11.8 Å². The van der Waals surface area contributed by atoms with E-state index in [4.69, 9.17) is 9.47 Å². The molecule has 3 aromatic rings. The minimum Gasteiger partial charge on any atom is -0.496 e. The van der Waals surface area contributed by atoms with Gasteiger partial charge in [0, 0.05) is 30.0 Å². The fourth-order valence-corrected chi connectivity index (χ4v) is 3.93. The number of hydrogen-bond donors (Lipinski definition) is 3. The van der Waals surface area contributed by atoms with Gasteiger partial charge < -0.3 is 30.3 Å². The second-order valence-corrected chi connectivity index (χ2v) is 8.39. The number of nitrogens with one attached hydrogen (secondary N) is 3. The fraction of sp³-hybridized carbons (Fsp3) is 0.276. The number of carbonyl (C=O) groups excluding carboxylic acids is 3. The second kappa shape index (κ2) is 15.4. The molecule has 39 heavy (non-hydrogen) atoms. The van der Waals surface area contributed by atoms with Gasteiger partial charge in [0.2, 0.25) is 0 Å². The molecule has 208 valence electrons. The Morgan fingerprint density at radius 1 is 0.718 bits per heavy atom. The summed E-state index contributed by atoms with van der Waals surface area (Å²) in [6.07, 6.45) is 0. The molecule has 0 spiro atoms. The van der Waals surface area contributed by atoms with Gasteiger partial charge in [-0.05, 0) is 55.6 Å². The van der Waals surface area contributed by atoms with Gasteiger partial charge in [-0.3, -0.25) is 14.4 Å². The molecule has 0 atom stereocenters. The maximum atomic E-state index is 13.0. The summed E-state index contributed by atoms with van der Waals surface area (Å²) in [6, 6.07) is 18.4. The SMILES string of the molecule is CCN(CC)CCNC(=O)c1cc(NC(=O)c2ccccc2OC)cc(NC(=O)c2ccccc2OC)c1.Cl. The summed E-state index contributed by atoms with van der Waals surface area (Å²) in [7, 11) is 2.97. The number of amides is 3. The number of anilines is 2. The van der Waals surface area contributed by atoms with Crippen LogP contribution in [0.15, 0.2) is 66.7 Å². The van der Waals surface area contributed by atoms with Gasteiger partial charge in [0.1, 0.15) is 11.5 Å². The lowest BCUT2D eigenvalue weighted by molar-refractivity contribution is 0.0946. The van der Waals surface area contributed by atoms with Crippen molar-refractivity contribution in [2.75, 3.05) is 51.0 Å². The number of rotatable bonds is 12. The van der Waals surface area contributed by atoms with Crippen LogP contribution >= 0.6 is 12.4 Å². The predicted molar refractivity (Wildman–Crippen MR) is 156 cm³/mol. The number of carbonyl (C=O) groups is 3. The lowest BCUT2D eigenvalue weighted by Crippen LogP contribution is -2.34. The molecule has 0 bridgehead atoms. The predicted octanol–water partition coefficient (Wildman–Crippen LogP) is 4.70. The lowest BCUT2D eigenvalue weighted by atomic mass is 10.1. The van der Waals surface area contributed by atoms with Gasteiger partial charge in [-0.15, -0.1) is 12.4 Å². The first-order valence-corrected chi connectivity index (χ1v) is 12.4. The van der Waals surface area contributed by atoms with Crippen molar-refractivity contribution in [1.82, 2.24) is 10.2 Å². The first kappa shape index (κ1) is 31.1. The molecule has 0 heterocycles. The topological polar surface area (TPSA) is 109 Å². The number of benzene rings is 3. The molecule has 0 aliphatic rings. The van der Waals surface area contributed by atoms with Gasteiger partial charge in [0.15, 0.2) is 0 Å². The van der Waals surface area contributed by atoms with Crippen molar-refractivity contribution < 1.29 is 23.9 Å². The highest BCUT2D eigenvalue weighted by molar-refractivity contribution is 6.09. The molecule has 3 rings (SSSR count). The molecule has 0 radical (unpaired) electrons. The number of para-hydroxylation sites is 2. The summed E-state index contributed by atoms with van der Waals surface area (Å²) >= 11 is 0. The van der Waals surface area contributed by atoms with Crippen LogP contribution in [0.3, 0.4) is 0 Å². The summed E-state index contributed by atoms with van der Waals surface area (Å²) in [5.74, 6) is -0.314. The van der Waals surface area contributed by atoms with Gasteiger partial charge in [0.05, 0.1) is 25.3 Å². The van der Waals surface area contributed by atoms with Crippen LogP contribution in [0.1, 0.15) is 44.9 Å². The van der Waals surface area contributed by atoms with E-state index in [1.165, 1.54) is 14.2 Å². The summed E-state index contributed by atoms with van der Waals surface area (Å²) in [4.78, 5) is 41.3. The molecule has 3 N–H and O–H groups in total. The zero-order chi connectivity index (χ0) is 27.5.